The van der Waals surface area contributed by atoms with Gasteiger partial charge in [0.2, 0.25) is 5.91 Å². The summed E-state index contributed by atoms with van der Waals surface area (Å²) in [6, 6.07) is 11.9. The van der Waals surface area contributed by atoms with Crippen molar-refractivity contribution in [1.29, 1.82) is 0 Å². The molecule has 2 aromatic rings. The van der Waals surface area contributed by atoms with Crippen molar-refractivity contribution >= 4 is 34.9 Å². The maximum absolute atomic E-state index is 13.1. The van der Waals surface area contributed by atoms with Crippen molar-refractivity contribution in [1.82, 2.24) is 5.32 Å². The van der Waals surface area contributed by atoms with Crippen LogP contribution < -0.4 is 16.0 Å². The third-order valence-corrected chi connectivity index (χ3v) is 4.91. The first-order valence-corrected chi connectivity index (χ1v) is 9.26. The van der Waals surface area contributed by atoms with Gasteiger partial charge in [0.1, 0.15) is 11.4 Å². The van der Waals surface area contributed by atoms with Gasteiger partial charge in [0.05, 0.1) is 0 Å². The monoisotopic (exact) mass is 389 g/mol. The van der Waals surface area contributed by atoms with Crippen molar-refractivity contribution in [3.63, 3.8) is 0 Å². The molecular formula is C20H21ClFN3O2. The minimum absolute atomic E-state index is 0.296. The molecule has 1 saturated carbocycles. The average molecular weight is 390 g/mol. The number of amides is 3. The lowest BCUT2D eigenvalue weighted by molar-refractivity contribution is -0.123. The van der Waals surface area contributed by atoms with Gasteiger partial charge in [-0.15, -0.1) is 0 Å². The fourth-order valence-corrected chi connectivity index (χ4v) is 3.48. The van der Waals surface area contributed by atoms with Gasteiger partial charge < -0.3 is 16.0 Å². The first kappa shape index (κ1) is 19.2. The lowest BCUT2D eigenvalue weighted by Gasteiger charge is -2.36. The fourth-order valence-electron chi connectivity index (χ4n) is 3.29. The van der Waals surface area contributed by atoms with Gasteiger partial charge in [0.25, 0.3) is 0 Å². The van der Waals surface area contributed by atoms with E-state index in [2.05, 4.69) is 16.0 Å². The summed E-state index contributed by atoms with van der Waals surface area (Å²) in [5.41, 5.74) is 0.0308. The van der Waals surface area contributed by atoms with Crippen LogP contribution in [0.3, 0.4) is 0 Å². The van der Waals surface area contributed by atoms with Crippen molar-refractivity contribution in [2.75, 3.05) is 10.6 Å². The molecule has 5 nitrogen and oxygen atoms in total. The van der Waals surface area contributed by atoms with E-state index in [0.29, 0.717) is 29.2 Å². The number of urea groups is 1. The van der Waals surface area contributed by atoms with Crippen LogP contribution in [0.4, 0.5) is 20.6 Å². The number of rotatable bonds is 4. The quantitative estimate of drug-likeness (QED) is 0.693. The average Bonchev–Trinajstić information content (AvgIpc) is 2.64. The maximum atomic E-state index is 13.1. The molecule has 0 radical (unpaired) electrons. The first-order chi connectivity index (χ1) is 13.0. The standard InChI is InChI=1S/C20H21ClFN3O2/c21-14-5-4-6-17(13-14)24-19(27)25-20(11-2-1-3-12-20)18(26)23-16-9-7-15(22)8-10-16/h4-10,13H,1-3,11-12H2,(H,23,26)(H2,24,25,27). The van der Waals surface area contributed by atoms with Crippen molar-refractivity contribution in [2.45, 2.75) is 37.6 Å². The number of hydrogen-bond acceptors (Lipinski definition) is 2. The lowest BCUT2D eigenvalue weighted by Crippen LogP contribution is -2.58. The Morgan fingerprint density at radius 2 is 1.63 bits per heavy atom. The molecule has 0 unspecified atom stereocenters. The second-order valence-corrected chi connectivity index (χ2v) is 7.13. The first-order valence-electron chi connectivity index (χ1n) is 8.89. The molecule has 1 aliphatic carbocycles. The van der Waals surface area contributed by atoms with Gasteiger partial charge in [-0.25, -0.2) is 9.18 Å². The van der Waals surface area contributed by atoms with Crippen LogP contribution in [0.1, 0.15) is 32.1 Å². The van der Waals surface area contributed by atoms with Crippen LogP contribution in [0.15, 0.2) is 48.5 Å². The normalized spacial score (nSPS) is 15.6. The second-order valence-electron chi connectivity index (χ2n) is 6.69. The molecule has 1 aliphatic rings. The SMILES string of the molecule is O=C(Nc1cccc(Cl)c1)NC1(C(=O)Nc2ccc(F)cc2)CCCCC1. The summed E-state index contributed by atoms with van der Waals surface area (Å²) in [5, 5.41) is 8.87. The number of carbonyl (C=O) groups is 2. The molecule has 7 heteroatoms. The van der Waals surface area contributed by atoms with Gasteiger partial charge >= 0.3 is 6.03 Å². The Labute approximate surface area is 162 Å². The van der Waals surface area contributed by atoms with Crippen LogP contribution >= 0.6 is 11.6 Å². The van der Waals surface area contributed by atoms with E-state index in [4.69, 9.17) is 11.6 Å². The summed E-state index contributed by atoms with van der Waals surface area (Å²) in [5.74, 6) is -0.672. The number of carbonyl (C=O) groups excluding carboxylic acids is 2. The van der Waals surface area contributed by atoms with E-state index in [1.165, 1.54) is 24.3 Å². The Morgan fingerprint density at radius 1 is 0.926 bits per heavy atom. The molecule has 3 amide bonds. The third-order valence-electron chi connectivity index (χ3n) is 4.68. The van der Waals surface area contributed by atoms with E-state index in [1.54, 1.807) is 24.3 Å². The van der Waals surface area contributed by atoms with E-state index in [-0.39, 0.29) is 11.7 Å². The molecule has 0 aliphatic heterocycles. The zero-order valence-electron chi connectivity index (χ0n) is 14.7. The Morgan fingerprint density at radius 3 is 2.30 bits per heavy atom. The van der Waals surface area contributed by atoms with E-state index in [9.17, 15) is 14.0 Å². The van der Waals surface area contributed by atoms with Gasteiger partial charge in [-0.05, 0) is 55.3 Å². The molecule has 0 spiro atoms. The van der Waals surface area contributed by atoms with Gasteiger partial charge in [-0.2, -0.15) is 0 Å². The predicted octanol–water partition coefficient (Wildman–Crippen LogP) is 4.94. The molecular weight excluding hydrogens is 369 g/mol. The van der Waals surface area contributed by atoms with Crippen LogP contribution in [0.5, 0.6) is 0 Å². The molecule has 0 aromatic heterocycles. The van der Waals surface area contributed by atoms with Crippen molar-refractivity contribution in [2.24, 2.45) is 0 Å². The van der Waals surface area contributed by atoms with Crippen LogP contribution in [0.2, 0.25) is 5.02 Å². The molecule has 2 aromatic carbocycles. The molecule has 3 N–H and O–H groups in total. The van der Waals surface area contributed by atoms with E-state index >= 15 is 0 Å². The molecule has 0 saturated heterocycles. The fraction of sp³-hybridized carbons (Fsp3) is 0.300. The summed E-state index contributed by atoms with van der Waals surface area (Å²) in [4.78, 5) is 25.5. The Bertz CT molecular complexity index is 820. The molecule has 0 atom stereocenters. The number of nitrogens with one attached hydrogen (secondary N) is 3. The topological polar surface area (TPSA) is 70.2 Å². The van der Waals surface area contributed by atoms with Gasteiger partial charge in [0.15, 0.2) is 0 Å². The number of hydrogen-bond donors (Lipinski definition) is 3. The highest BCUT2D eigenvalue weighted by molar-refractivity contribution is 6.30. The highest BCUT2D eigenvalue weighted by atomic mass is 35.5. The Balaban J connectivity index is 1.72. The predicted molar refractivity (Wildman–Crippen MR) is 104 cm³/mol. The third kappa shape index (κ3) is 4.98. The van der Waals surface area contributed by atoms with Crippen molar-refractivity contribution in [3.8, 4) is 0 Å². The highest BCUT2D eigenvalue weighted by Gasteiger charge is 2.41. The summed E-state index contributed by atoms with van der Waals surface area (Å²) >= 11 is 5.94. The minimum Gasteiger partial charge on any atom is -0.324 e. The number of benzene rings is 2. The van der Waals surface area contributed by atoms with Crippen LogP contribution in [0.25, 0.3) is 0 Å². The molecule has 27 heavy (non-hydrogen) atoms. The Kier molecular flexibility index (Phi) is 5.96. The zero-order chi connectivity index (χ0) is 19.3. The molecule has 0 heterocycles. The van der Waals surface area contributed by atoms with E-state index in [1.807, 2.05) is 0 Å². The zero-order valence-corrected chi connectivity index (χ0v) is 15.5. The maximum Gasteiger partial charge on any atom is 0.320 e. The molecule has 0 bridgehead atoms. The van der Waals surface area contributed by atoms with Crippen molar-refractivity contribution in [3.05, 3.63) is 59.4 Å². The highest BCUT2D eigenvalue weighted by Crippen LogP contribution is 2.30. The van der Waals surface area contributed by atoms with Gasteiger partial charge in [-0.1, -0.05) is 36.9 Å². The molecule has 142 valence electrons. The summed E-state index contributed by atoms with van der Waals surface area (Å²) < 4.78 is 13.1. The molecule has 3 rings (SSSR count). The Hall–Kier alpha value is -2.60. The lowest BCUT2D eigenvalue weighted by atomic mass is 9.81. The van der Waals surface area contributed by atoms with Crippen LogP contribution in [-0.2, 0) is 4.79 Å². The minimum atomic E-state index is -1.00. The summed E-state index contributed by atoms with van der Waals surface area (Å²) in [6.07, 6.45) is 3.79. The van der Waals surface area contributed by atoms with E-state index < -0.39 is 11.6 Å². The number of halogens is 2. The smallest absolute Gasteiger partial charge is 0.320 e. The summed E-state index contributed by atoms with van der Waals surface area (Å²) in [6.45, 7) is 0. The largest absolute Gasteiger partial charge is 0.324 e. The van der Waals surface area contributed by atoms with E-state index in [0.717, 1.165) is 19.3 Å². The molecule has 1 fully saturated rings. The van der Waals surface area contributed by atoms with Gasteiger partial charge in [-0.3, -0.25) is 4.79 Å². The van der Waals surface area contributed by atoms with Crippen LogP contribution in [0, 0.1) is 5.82 Å². The second kappa shape index (κ2) is 8.39. The summed E-state index contributed by atoms with van der Waals surface area (Å²) in [7, 11) is 0. The van der Waals surface area contributed by atoms with Crippen LogP contribution in [-0.4, -0.2) is 17.5 Å². The van der Waals surface area contributed by atoms with Gasteiger partial charge in [0, 0.05) is 16.4 Å². The van der Waals surface area contributed by atoms with Crippen molar-refractivity contribution < 1.29 is 14.0 Å². The number of anilines is 2.